The van der Waals surface area contributed by atoms with Gasteiger partial charge in [-0.3, -0.25) is 4.79 Å². The summed E-state index contributed by atoms with van der Waals surface area (Å²) < 4.78 is 0. The molecule has 0 saturated heterocycles. The molecule has 2 fully saturated rings. The molecule has 2 aliphatic carbocycles. The van der Waals surface area contributed by atoms with Crippen molar-refractivity contribution in [1.29, 1.82) is 0 Å². The van der Waals surface area contributed by atoms with Crippen LogP contribution in [-0.4, -0.2) is 25.0 Å². The third kappa shape index (κ3) is 3.49. The van der Waals surface area contributed by atoms with Crippen LogP contribution in [0.15, 0.2) is 0 Å². The van der Waals surface area contributed by atoms with Gasteiger partial charge < -0.3 is 10.6 Å². The number of rotatable bonds is 5. The van der Waals surface area contributed by atoms with Crippen molar-refractivity contribution in [2.24, 2.45) is 11.8 Å². The van der Waals surface area contributed by atoms with Gasteiger partial charge in [-0.1, -0.05) is 13.3 Å². The average molecular weight is 210 g/mol. The second-order valence-electron chi connectivity index (χ2n) is 5.16. The van der Waals surface area contributed by atoms with E-state index in [4.69, 9.17) is 0 Å². The molecule has 0 radical (unpaired) electrons. The molecule has 0 heterocycles. The van der Waals surface area contributed by atoms with E-state index in [1.54, 1.807) is 0 Å². The van der Waals surface area contributed by atoms with E-state index < -0.39 is 0 Å². The summed E-state index contributed by atoms with van der Waals surface area (Å²) in [5, 5.41) is 6.35. The van der Waals surface area contributed by atoms with E-state index in [2.05, 4.69) is 17.6 Å². The van der Waals surface area contributed by atoms with Crippen LogP contribution in [0.1, 0.15) is 39.0 Å². The van der Waals surface area contributed by atoms with E-state index in [1.807, 2.05) is 0 Å². The molecule has 3 heteroatoms. The summed E-state index contributed by atoms with van der Waals surface area (Å²) >= 11 is 0. The maximum absolute atomic E-state index is 11.6. The maximum atomic E-state index is 11.6. The minimum Gasteiger partial charge on any atom is -0.352 e. The van der Waals surface area contributed by atoms with Gasteiger partial charge in [-0.2, -0.15) is 0 Å². The van der Waals surface area contributed by atoms with Gasteiger partial charge >= 0.3 is 0 Å². The lowest BCUT2D eigenvalue weighted by molar-refractivity contribution is -0.121. The van der Waals surface area contributed by atoms with Gasteiger partial charge in [0.05, 0.1) is 6.54 Å². The zero-order chi connectivity index (χ0) is 10.7. The fourth-order valence-electron chi connectivity index (χ4n) is 2.33. The molecule has 86 valence electrons. The molecule has 3 nitrogen and oxygen atoms in total. The zero-order valence-corrected chi connectivity index (χ0v) is 9.59. The molecule has 2 saturated carbocycles. The topological polar surface area (TPSA) is 41.1 Å². The molecule has 15 heavy (non-hydrogen) atoms. The molecule has 2 aliphatic rings. The van der Waals surface area contributed by atoms with Crippen LogP contribution >= 0.6 is 0 Å². The van der Waals surface area contributed by atoms with Crippen LogP contribution < -0.4 is 10.6 Å². The second-order valence-corrected chi connectivity index (χ2v) is 5.16. The van der Waals surface area contributed by atoms with Crippen molar-refractivity contribution < 1.29 is 4.79 Å². The highest BCUT2D eigenvalue weighted by atomic mass is 16.1. The summed E-state index contributed by atoms with van der Waals surface area (Å²) in [6.45, 7) is 3.75. The monoisotopic (exact) mass is 210 g/mol. The Morgan fingerprint density at radius 2 is 2.07 bits per heavy atom. The third-order valence-electron chi connectivity index (χ3n) is 3.62. The van der Waals surface area contributed by atoms with E-state index >= 15 is 0 Å². The quantitative estimate of drug-likeness (QED) is 0.718. The average Bonchev–Trinajstić information content (AvgIpc) is 2.93. The van der Waals surface area contributed by atoms with Gasteiger partial charge in [0.2, 0.25) is 5.91 Å². The maximum Gasteiger partial charge on any atom is 0.234 e. The predicted molar refractivity (Wildman–Crippen MR) is 60.5 cm³/mol. The van der Waals surface area contributed by atoms with Gasteiger partial charge in [-0.15, -0.1) is 0 Å². The largest absolute Gasteiger partial charge is 0.352 e. The van der Waals surface area contributed by atoms with Gasteiger partial charge in [-0.25, -0.2) is 0 Å². The minimum absolute atomic E-state index is 0.175. The number of carbonyl (C=O) groups is 1. The molecule has 2 rings (SSSR count). The first-order valence-corrected chi connectivity index (χ1v) is 6.26. The van der Waals surface area contributed by atoms with Crippen LogP contribution in [0.3, 0.4) is 0 Å². The fraction of sp³-hybridized carbons (Fsp3) is 0.917. The predicted octanol–water partition coefficient (Wildman–Crippen LogP) is 1.29. The van der Waals surface area contributed by atoms with Gasteiger partial charge in [0.25, 0.3) is 0 Å². The molecular weight excluding hydrogens is 188 g/mol. The first-order valence-electron chi connectivity index (χ1n) is 6.26. The number of hydrogen-bond acceptors (Lipinski definition) is 2. The molecule has 1 amide bonds. The van der Waals surface area contributed by atoms with Crippen molar-refractivity contribution in [2.45, 2.75) is 45.1 Å². The van der Waals surface area contributed by atoms with Crippen molar-refractivity contribution in [3.8, 4) is 0 Å². The molecule has 2 atom stereocenters. The van der Waals surface area contributed by atoms with Crippen LogP contribution in [0, 0.1) is 11.8 Å². The fourth-order valence-corrected chi connectivity index (χ4v) is 2.33. The lowest BCUT2D eigenvalue weighted by Crippen LogP contribution is -2.41. The Balaban J connectivity index is 1.58. The Labute approximate surface area is 92.0 Å². The summed E-state index contributed by atoms with van der Waals surface area (Å²) in [5.41, 5.74) is 0. The molecule has 0 aromatic carbocycles. The lowest BCUT2D eigenvalue weighted by Gasteiger charge is -2.17. The molecule has 2 unspecified atom stereocenters. The molecule has 2 N–H and O–H groups in total. The second kappa shape index (κ2) is 4.97. The summed E-state index contributed by atoms with van der Waals surface area (Å²) in [4.78, 5) is 11.6. The summed E-state index contributed by atoms with van der Waals surface area (Å²) in [6, 6.07) is 0.431. The van der Waals surface area contributed by atoms with Gasteiger partial charge in [0, 0.05) is 6.04 Å². The van der Waals surface area contributed by atoms with Crippen LogP contribution in [0.4, 0.5) is 0 Å². The van der Waals surface area contributed by atoms with Crippen molar-refractivity contribution >= 4 is 5.91 Å². The van der Waals surface area contributed by atoms with E-state index in [9.17, 15) is 4.79 Å². The standard InChI is InChI=1S/C12H22N2O/c1-9-3-2-4-11(9)14-12(15)8-13-7-10-5-6-10/h9-11,13H,2-8H2,1H3,(H,14,15). The first kappa shape index (κ1) is 10.9. The lowest BCUT2D eigenvalue weighted by atomic mass is 10.1. The minimum atomic E-state index is 0.175. The van der Waals surface area contributed by atoms with E-state index in [0.29, 0.717) is 18.5 Å². The summed E-state index contributed by atoms with van der Waals surface area (Å²) in [7, 11) is 0. The Morgan fingerprint density at radius 3 is 2.67 bits per heavy atom. The highest BCUT2D eigenvalue weighted by molar-refractivity contribution is 5.78. The summed E-state index contributed by atoms with van der Waals surface area (Å²) in [5.74, 6) is 1.69. The smallest absolute Gasteiger partial charge is 0.234 e. The normalized spacial score (nSPS) is 30.5. The highest BCUT2D eigenvalue weighted by Crippen LogP contribution is 2.27. The van der Waals surface area contributed by atoms with Crippen LogP contribution in [0.25, 0.3) is 0 Å². The van der Waals surface area contributed by atoms with Crippen LogP contribution in [0.2, 0.25) is 0 Å². The Bertz CT molecular complexity index is 226. The number of nitrogens with one attached hydrogen (secondary N) is 2. The van der Waals surface area contributed by atoms with Crippen molar-refractivity contribution in [1.82, 2.24) is 10.6 Å². The molecular formula is C12H22N2O. The number of amides is 1. The van der Waals surface area contributed by atoms with Crippen molar-refractivity contribution in [3.05, 3.63) is 0 Å². The van der Waals surface area contributed by atoms with Crippen LogP contribution in [-0.2, 0) is 4.79 Å². The summed E-state index contributed by atoms with van der Waals surface area (Å²) in [6.07, 6.45) is 6.38. The Hall–Kier alpha value is -0.570. The Morgan fingerprint density at radius 1 is 1.27 bits per heavy atom. The molecule has 0 aromatic heterocycles. The molecule has 0 bridgehead atoms. The van der Waals surface area contributed by atoms with E-state index in [-0.39, 0.29) is 5.91 Å². The Kier molecular flexibility index (Phi) is 3.62. The van der Waals surface area contributed by atoms with Gasteiger partial charge in [0.15, 0.2) is 0 Å². The molecule has 0 spiro atoms. The van der Waals surface area contributed by atoms with E-state index in [1.165, 1.54) is 25.7 Å². The van der Waals surface area contributed by atoms with Crippen molar-refractivity contribution in [3.63, 3.8) is 0 Å². The molecule has 0 aliphatic heterocycles. The highest BCUT2D eigenvalue weighted by Gasteiger charge is 2.25. The number of hydrogen-bond donors (Lipinski definition) is 2. The first-order chi connectivity index (χ1) is 7.25. The van der Waals surface area contributed by atoms with E-state index in [0.717, 1.165) is 18.9 Å². The SMILES string of the molecule is CC1CCCC1NC(=O)CNCC1CC1. The third-order valence-corrected chi connectivity index (χ3v) is 3.62. The zero-order valence-electron chi connectivity index (χ0n) is 9.59. The van der Waals surface area contributed by atoms with Crippen LogP contribution in [0.5, 0.6) is 0 Å². The van der Waals surface area contributed by atoms with Gasteiger partial charge in [-0.05, 0) is 44.1 Å². The molecule has 0 aromatic rings. The van der Waals surface area contributed by atoms with Crippen molar-refractivity contribution in [2.75, 3.05) is 13.1 Å². The van der Waals surface area contributed by atoms with Gasteiger partial charge in [0.1, 0.15) is 0 Å². The number of carbonyl (C=O) groups excluding carboxylic acids is 1.